The molecule has 2 aromatic carbocycles. The molecule has 0 unspecified atom stereocenters. The highest BCUT2D eigenvalue weighted by molar-refractivity contribution is 7.17. The molecule has 0 spiro atoms. The zero-order valence-electron chi connectivity index (χ0n) is 15.3. The summed E-state index contributed by atoms with van der Waals surface area (Å²) in [6.45, 7) is 3.52. The SMILES string of the molecule is Cc1nc2sc([C@@H](c3ccccc3Cl)N3CCc4ccccc4C3)c(O)n2n1. The number of aromatic hydroxyl groups is 1. The first-order chi connectivity index (χ1) is 13.6. The van der Waals surface area contributed by atoms with Crippen molar-refractivity contribution in [1.82, 2.24) is 19.5 Å². The van der Waals surface area contributed by atoms with Crippen LogP contribution in [0.25, 0.3) is 4.96 Å². The fourth-order valence-electron chi connectivity index (χ4n) is 3.96. The monoisotopic (exact) mass is 410 g/mol. The van der Waals surface area contributed by atoms with Crippen molar-refractivity contribution >= 4 is 27.9 Å². The predicted octanol–water partition coefficient (Wildman–Crippen LogP) is 4.61. The van der Waals surface area contributed by atoms with Crippen LogP contribution in [0.4, 0.5) is 0 Å². The van der Waals surface area contributed by atoms with Gasteiger partial charge in [-0.05, 0) is 36.1 Å². The smallest absolute Gasteiger partial charge is 0.230 e. The standard InChI is InChI=1S/C21H19ClN4OS/c1-13-23-21-26(24-13)20(27)19(28-21)18(16-8-4-5-9-17(16)22)25-11-10-14-6-2-3-7-15(14)12-25/h2-9,18,27H,10-12H2,1H3/t18-/m1/s1. The van der Waals surface area contributed by atoms with Crippen molar-refractivity contribution in [3.63, 3.8) is 0 Å². The quantitative estimate of drug-likeness (QED) is 0.536. The van der Waals surface area contributed by atoms with E-state index in [1.54, 1.807) is 0 Å². The molecule has 1 aliphatic heterocycles. The normalized spacial score (nSPS) is 15.6. The summed E-state index contributed by atoms with van der Waals surface area (Å²) < 4.78 is 1.52. The summed E-state index contributed by atoms with van der Waals surface area (Å²) >= 11 is 8.07. The number of hydrogen-bond acceptors (Lipinski definition) is 5. The zero-order chi connectivity index (χ0) is 19.3. The number of benzene rings is 2. The first-order valence-corrected chi connectivity index (χ1v) is 10.4. The first-order valence-electron chi connectivity index (χ1n) is 9.22. The minimum Gasteiger partial charge on any atom is -0.492 e. The minimum absolute atomic E-state index is 0.143. The molecule has 1 atom stereocenters. The van der Waals surface area contributed by atoms with Crippen molar-refractivity contribution in [3.05, 3.63) is 80.9 Å². The van der Waals surface area contributed by atoms with E-state index in [2.05, 4.69) is 39.2 Å². The molecule has 0 saturated carbocycles. The molecule has 0 radical (unpaired) electrons. The highest BCUT2D eigenvalue weighted by Crippen LogP contribution is 2.43. The van der Waals surface area contributed by atoms with Crippen LogP contribution >= 0.6 is 22.9 Å². The maximum atomic E-state index is 11.0. The third-order valence-electron chi connectivity index (χ3n) is 5.28. The van der Waals surface area contributed by atoms with Gasteiger partial charge in [-0.3, -0.25) is 4.90 Å². The Labute approximate surface area is 171 Å². The van der Waals surface area contributed by atoms with Crippen molar-refractivity contribution in [3.8, 4) is 5.88 Å². The van der Waals surface area contributed by atoms with Crippen molar-refractivity contribution in [2.45, 2.75) is 25.9 Å². The summed E-state index contributed by atoms with van der Waals surface area (Å²) in [6, 6.07) is 16.2. The van der Waals surface area contributed by atoms with Gasteiger partial charge >= 0.3 is 0 Å². The Morgan fingerprint density at radius 1 is 1.11 bits per heavy atom. The van der Waals surface area contributed by atoms with Gasteiger partial charge in [0.25, 0.3) is 0 Å². The van der Waals surface area contributed by atoms with Gasteiger partial charge in [0.2, 0.25) is 10.8 Å². The van der Waals surface area contributed by atoms with Gasteiger partial charge in [0.1, 0.15) is 5.82 Å². The molecule has 28 heavy (non-hydrogen) atoms. The van der Waals surface area contributed by atoms with Gasteiger partial charge in [-0.15, -0.1) is 5.10 Å². The van der Waals surface area contributed by atoms with E-state index in [4.69, 9.17) is 11.6 Å². The van der Waals surface area contributed by atoms with Gasteiger partial charge < -0.3 is 5.11 Å². The third kappa shape index (κ3) is 2.89. The molecule has 1 aliphatic rings. The summed E-state index contributed by atoms with van der Waals surface area (Å²) in [4.78, 5) is 8.33. The molecule has 0 bridgehead atoms. The third-order valence-corrected chi connectivity index (χ3v) is 6.70. The summed E-state index contributed by atoms with van der Waals surface area (Å²) in [6.07, 6.45) is 0.970. The van der Waals surface area contributed by atoms with Gasteiger partial charge in [-0.1, -0.05) is 65.4 Å². The maximum absolute atomic E-state index is 11.0. The second-order valence-corrected chi connectivity index (χ2v) is 8.47. The van der Waals surface area contributed by atoms with Gasteiger partial charge in [-0.2, -0.15) is 4.52 Å². The fraction of sp³-hybridized carbons (Fsp3) is 0.238. The van der Waals surface area contributed by atoms with Crippen molar-refractivity contribution in [2.75, 3.05) is 6.54 Å². The Bertz CT molecular complexity index is 1170. The summed E-state index contributed by atoms with van der Waals surface area (Å²) in [7, 11) is 0. The molecular weight excluding hydrogens is 392 g/mol. The van der Waals surface area contributed by atoms with Crippen LogP contribution in [0.2, 0.25) is 5.02 Å². The van der Waals surface area contributed by atoms with Gasteiger partial charge in [0.15, 0.2) is 0 Å². The number of aryl methyl sites for hydroxylation is 1. The average molecular weight is 411 g/mol. The number of halogens is 1. The van der Waals surface area contributed by atoms with Crippen LogP contribution in [-0.4, -0.2) is 31.1 Å². The Kier molecular flexibility index (Phi) is 4.34. The van der Waals surface area contributed by atoms with Crippen LogP contribution in [0, 0.1) is 6.92 Å². The molecule has 0 aliphatic carbocycles. The number of thiazole rings is 1. The molecule has 142 valence electrons. The molecular formula is C21H19ClN4OS. The highest BCUT2D eigenvalue weighted by Gasteiger charge is 2.32. The van der Waals surface area contributed by atoms with Crippen LogP contribution in [0.3, 0.4) is 0 Å². The van der Waals surface area contributed by atoms with Crippen LogP contribution in [-0.2, 0) is 13.0 Å². The minimum atomic E-state index is -0.157. The average Bonchev–Trinajstić information content (AvgIpc) is 3.21. The Morgan fingerprint density at radius 2 is 1.86 bits per heavy atom. The van der Waals surface area contributed by atoms with E-state index >= 15 is 0 Å². The maximum Gasteiger partial charge on any atom is 0.230 e. The van der Waals surface area contributed by atoms with E-state index in [0.29, 0.717) is 15.8 Å². The molecule has 2 aromatic heterocycles. The molecule has 5 nitrogen and oxygen atoms in total. The zero-order valence-corrected chi connectivity index (χ0v) is 16.9. The van der Waals surface area contributed by atoms with Crippen LogP contribution in [0.1, 0.15) is 33.4 Å². The lowest BCUT2D eigenvalue weighted by atomic mass is 9.95. The highest BCUT2D eigenvalue weighted by atomic mass is 35.5. The first kappa shape index (κ1) is 17.7. The van der Waals surface area contributed by atoms with E-state index in [1.165, 1.54) is 27.0 Å². The molecule has 4 aromatic rings. The molecule has 7 heteroatoms. The lowest BCUT2D eigenvalue weighted by molar-refractivity contribution is 0.205. The number of nitrogens with zero attached hydrogens (tertiary/aromatic N) is 4. The fourth-order valence-corrected chi connectivity index (χ4v) is 5.36. The lowest BCUT2D eigenvalue weighted by Crippen LogP contribution is -2.34. The molecule has 0 fully saturated rings. The number of aromatic nitrogens is 3. The van der Waals surface area contributed by atoms with Gasteiger partial charge in [0, 0.05) is 18.1 Å². The van der Waals surface area contributed by atoms with Crippen LogP contribution in [0.5, 0.6) is 5.88 Å². The van der Waals surface area contributed by atoms with Gasteiger partial charge in [0.05, 0.1) is 10.9 Å². The lowest BCUT2D eigenvalue weighted by Gasteiger charge is -2.35. The van der Waals surface area contributed by atoms with E-state index in [9.17, 15) is 5.11 Å². The topological polar surface area (TPSA) is 53.7 Å². The van der Waals surface area contributed by atoms with Crippen LogP contribution in [0.15, 0.2) is 48.5 Å². The molecule has 5 rings (SSSR count). The molecule has 3 heterocycles. The van der Waals surface area contributed by atoms with E-state index in [0.717, 1.165) is 30.0 Å². The van der Waals surface area contributed by atoms with E-state index < -0.39 is 0 Å². The molecule has 0 saturated heterocycles. The summed E-state index contributed by atoms with van der Waals surface area (Å²) in [5.74, 6) is 0.790. The van der Waals surface area contributed by atoms with Crippen molar-refractivity contribution in [1.29, 1.82) is 0 Å². The molecule has 0 amide bonds. The Hall–Kier alpha value is -2.41. The number of rotatable bonds is 3. The second kappa shape index (κ2) is 6.88. The number of hydrogen-bond donors (Lipinski definition) is 1. The summed E-state index contributed by atoms with van der Waals surface area (Å²) in [5.41, 5.74) is 3.69. The second-order valence-electron chi connectivity index (χ2n) is 7.06. The van der Waals surface area contributed by atoms with Gasteiger partial charge in [-0.25, -0.2) is 4.98 Å². The predicted molar refractivity (Wildman–Crippen MR) is 111 cm³/mol. The largest absolute Gasteiger partial charge is 0.492 e. The Morgan fingerprint density at radius 3 is 2.64 bits per heavy atom. The van der Waals surface area contributed by atoms with Crippen molar-refractivity contribution in [2.24, 2.45) is 0 Å². The molecule has 1 N–H and O–H groups in total. The van der Waals surface area contributed by atoms with Crippen LogP contribution < -0.4 is 0 Å². The summed E-state index contributed by atoms with van der Waals surface area (Å²) in [5, 5.41) is 16.0. The van der Waals surface area contributed by atoms with Crippen molar-refractivity contribution < 1.29 is 5.11 Å². The van der Waals surface area contributed by atoms with E-state index in [-0.39, 0.29) is 11.9 Å². The Balaban J connectivity index is 1.64. The number of fused-ring (bicyclic) bond motifs is 2. The van der Waals surface area contributed by atoms with E-state index in [1.807, 2.05) is 31.2 Å².